The van der Waals surface area contributed by atoms with Gasteiger partial charge < -0.3 is 4.74 Å². The largest absolute Gasteiger partial charge is 0.490 e. The first-order valence-corrected chi connectivity index (χ1v) is 5.69. The standard InChI is InChI=1S/C15H14O/c1-11-9-10-15(16-11)14-8-4-6-12-5-2-3-7-13(12)14/h2-8,10-11H,9H2,1H3. The van der Waals surface area contributed by atoms with Crippen molar-refractivity contribution in [1.82, 2.24) is 0 Å². The van der Waals surface area contributed by atoms with Gasteiger partial charge in [0.15, 0.2) is 0 Å². The highest BCUT2D eigenvalue weighted by molar-refractivity contribution is 5.92. The molecule has 1 heterocycles. The quantitative estimate of drug-likeness (QED) is 0.691. The smallest absolute Gasteiger partial charge is 0.123 e. The van der Waals surface area contributed by atoms with E-state index >= 15 is 0 Å². The monoisotopic (exact) mass is 210 g/mol. The van der Waals surface area contributed by atoms with E-state index in [0.717, 1.165) is 12.2 Å². The highest BCUT2D eigenvalue weighted by atomic mass is 16.5. The van der Waals surface area contributed by atoms with Gasteiger partial charge in [0.2, 0.25) is 0 Å². The minimum atomic E-state index is 0.314. The van der Waals surface area contributed by atoms with Crippen LogP contribution in [0.3, 0.4) is 0 Å². The van der Waals surface area contributed by atoms with Gasteiger partial charge in [-0.05, 0) is 23.8 Å². The first-order valence-electron chi connectivity index (χ1n) is 5.69. The zero-order chi connectivity index (χ0) is 11.0. The number of ether oxygens (including phenoxy) is 1. The Bertz CT molecular complexity index is 549. The molecule has 1 nitrogen and oxygen atoms in total. The van der Waals surface area contributed by atoms with Crippen molar-refractivity contribution in [3.8, 4) is 0 Å². The van der Waals surface area contributed by atoms with Crippen molar-refractivity contribution in [3.05, 3.63) is 54.1 Å². The van der Waals surface area contributed by atoms with Crippen LogP contribution in [0.1, 0.15) is 18.9 Å². The minimum Gasteiger partial charge on any atom is -0.490 e. The lowest BCUT2D eigenvalue weighted by Crippen LogP contribution is -1.98. The third kappa shape index (κ3) is 1.49. The van der Waals surface area contributed by atoms with Crippen molar-refractivity contribution < 1.29 is 4.74 Å². The lowest BCUT2D eigenvalue weighted by molar-refractivity contribution is 0.211. The summed E-state index contributed by atoms with van der Waals surface area (Å²) >= 11 is 0. The molecule has 3 rings (SSSR count). The summed E-state index contributed by atoms with van der Waals surface area (Å²) in [5.41, 5.74) is 1.21. The van der Waals surface area contributed by atoms with Gasteiger partial charge in [-0.1, -0.05) is 42.5 Å². The molecule has 80 valence electrons. The first kappa shape index (κ1) is 9.46. The number of benzene rings is 2. The van der Waals surface area contributed by atoms with Crippen molar-refractivity contribution in [1.29, 1.82) is 0 Å². The van der Waals surface area contributed by atoms with Crippen LogP contribution >= 0.6 is 0 Å². The number of fused-ring (bicyclic) bond motifs is 1. The molecular weight excluding hydrogens is 196 g/mol. The van der Waals surface area contributed by atoms with Crippen LogP contribution in [-0.2, 0) is 4.74 Å². The Morgan fingerprint density at radius 2 is 1.88 bits per heavy atom. The van der Waals surface area contributed by atoms with Crippen LogP contribution < -0.4 is 0 Å². The lowest BCUT2D eigenvalue weighted by Gasteiger charge is -2.10. The van der Waals surface area contributed by atoms with Gasteiger partial charge in [0.1, 0.15) is 5.76 Å². The molecule has 0 aliphatic carbocycles. The van der Waals surface area contributed by atoms with Crippen LogP contribution in [0.15, 0.2) is 48.5 Å². The maximum Gasteiger partial charge on any atom is 0.123 e. The van der Waals surface area contributed by atoms with Crippen LogP contribution in [0.2, 0.25) is 0 Å². The molecule has 0 bridgehead atoms. The van der Waals surface area contributed by atoms with E-state index in [9.17, 15) is 0 Å². The summed E-state index contributed by atoms with van der Waals surface area (Å²) in [5, 5.41) is 2.54. The highest BCUT2D eigenvalue weighted by Gasteiger charge is 2.16. The molecule has 0 amide bonds. The Labute approximate surface area is 95.4 Å². The van der Waals surface area contributed by atoms with Crippen LogP contribution in [0.5, 0.6) is 0 Å². The second kappa shape index (κ2) is 3.67. The van der Waals surface area contributed by atoms with Crippen molar-refractivity contribution >= 4 is 16.5 Å². The average Bonchev–Trinajstić information content (AvgIpc) is 2.75. The molecule has 0 aromatic heterocycles. The van der Waals surface area contributed by atoms with E-state index in [1.54, 1.807) is 0 Å². The normalized spacial score (nSPS) is 19.6. The van der Waals surface area contributed by atoms with Gasteiger partial charge in [-0.25, -0.2) is 0 Å². The van der Waals surface area contributed by atoms with Crippen molar-refractivity contribution in [3.63, 3.8) is 0 Å². The maximum atomic E-state index is 5.82. The maximum absolute atomic E-state index is 5.82. The fraction of sp³-hybridized carbons (Fsp3) is 0.200. The Morgan fingerprint density at radius 1 is 1.06 bits per heavy atom. The van der Waals surface area contributed by atoms with Crippen LogP contribution in [-0.4, -0.2) is 6.10 Å². The number of hydrogen-bond acceptors (Lipinski definition) is 1. The van der Waals surface area contributed by atoms with Gasteiger partial charge >= 0.3 is 0 Å². The SMILES string of the molecule is CC1CC=C(c2cccc3ccccc23)O1. The molecule has 1 aliphatic heterocycles. The third-order valence-electron chi connectivity index (χ3n) is 3.02. The summed E-state index contributed by atoms with van der Waals surface area (Å²) in [7, 11) is 0. The molecule has 2 aromatic carbocycles. The van der Waals surface area contributed by atoms with Crippen LogP contribution in [0.4, 0.5) is 0 Å². The molecule has 16 heavy (non-hydrogen) atoms. The first-order chi connectivity index (χ1) is 7.84. The van der Waals surface area contributed by atoms with Crippen molar-refractivity contribution in [2.24, 2.45) is 0 Å². The molecule has 2 aromatic rings. The van der Waals surface area contributed by atoms with Gasteiger partial charge in [-0.3, -0.25) is 0 Å². The van der Waals surface area contributed by atoms with Gasteiger partial charge in [-0.2, -0.15) is 0 Å². The van der Waals surface area contributed by atoms with Crippen LogP contribution in [0, 0.1) is 0 Å². The number of rotatable bonds is 1. The van der Waals surface area contributed by atoms with Gasteiger partial charge in [-0.15, -0.1) is 0 Å². The van der Waals surface area contributed by atoms with Gasteiger partial charge in [0, 0.05) is 12.0 Å². The van der Waals surface area contributed by atoms with E-state index in [4.69, 9.17) is 4.74 Å². The number of hydrogen-bond donors (Lipinski definition) is 0. The molecule has 0 saturated carbocycles. The van der Waals surface area contributed by atoms with Gasteiger partial charge in [0.25, 0.3) is 0 Å². The molecule has 0 saturated heterocycles. The fourth-order valence-corrected chi connectivity index (χ4v) is 2.20. The summed E-state index contributed by atoms with van der Waals surface area (Å²) in [6, 6.07) is 14.8. The molecular formula is C15H14O. The zero-order valence-electron chi connectivity index (χ0n) is 9.31. The molecule has 0 fully saturated rings. The van der Waals surface area contributed by atoms with E-state index in [2.05, 4.69) is 55.5 Å². The molecule has 1 aliphatic rings. The molecule has 1 unspecified atom stereocenters. The predicted molar refractivity (Wildman–Crippen MR) is 67.1 cm³/mol. The molecule has 0 radical (unpaired) electrons. The summed E-state index contributed by atoms with van der Waals surface area (Å²) in [6.07, 6.45) is 3.51. The summed E-state index contributed by atoms with van der Waals surface area (Å²) < 4.78 is 5.82. The van der Waals surface area contributed by atoms with Crippen molar-refractivity contribution in [2.45, 2.75) is 19.4 Å². The molecule has 1 heteroatoms. The third-order valence-corrected chi connectivity index (χ3v) is 3.02. The minimum absolute atomic E-state index is 0.314. The predicted octanol–water partition coefficient (Wildman–Crippen LogP) is 3.99. The molecule has 0 N–H and O–H groups in total. The highest BCUT2D eigenvalue weighted by Crippen LogP contribution is 2.30. The average molecular weight is 210 g/mol. The Morgan fingerprint density at radius 3 is 2.69 bits per heavy atom. The second-order valence-corrected chi connectivity index (χ2v) is 4.26. The summed E-state index contributed by atoms with van der Waals surface area (Å²) in [6.45, 7) is 2.11. The Kier molecular flexibility index (Phi) is 2.17. The van der Waals surface area contributed by atoms with Gasteiger partial charge in [0.05, 0.1) is 6.10 Å². The lowest BCUT2D eigenvalue weighted by atomic mass is 10.0. The second-order valence-electron chi connectivity index (χ2n) is 4.26. The molecule has 1 atom stereocenters. The van der Waals surface area contributed by atoms with Crippen LogP contribution in [0.25, 0.3) is 16.5 Å². The van der Waals surface area contributed by atoms with Crippen molar-refractivity contribution in [2.75, 3.05) is 0 Å². The van der Waals surface area contributed by atoms with E-state index in [0.29, 0.717) is 6.10 Å². The fourth-order valence-electron chi connectivity index (χ4n) is 2.20. The zero-order valence-corrected chi connectivity index (χ0v) is 9.31. The van der Waals surface area contributed by atoms with E-state index in [1.807, 2.05) is 0 Å². The molecule has 0 spiro atoms. The Balaban J connectivity index is 2.17. The topological polar surface area (TPSA) is 9.23 Å². The van der Waals surface area contributed by atoms with E-state index < -0.39 is 0 Å². The van der Waals surface area contributed by atoms with E-state index in [1.165, 1.54) is 16.3 Å². The van der Waals surface area contributed by atoms with E-state index in [-0.39, 0.29) is 0 Å². The summed E-state index contributed by atoms with van der Waals surface area (Å²) in [4.78, 5) is 0. The Hall–Kier alpha value is -1.76. The summed E-state index contributed by atoms with van der Waals surface area (Å²) in [5.74, 6) is 1.03.